The van der Waals surface area contributed by atoms with Gasteiger partial charge in [0.1, 0.15) is 0 Å². The van der Waals surface area contributed by atoms with Gasteiger partial charge in [-0.25, -0.2) is 15.0 Å². The molecule has 0 saturated heterocycles. The number of benzene rings is 9. The Bertz CT molecular complexity index is 3610. The van der Waals surface area contributed by atoms with E-state index in [4.69, 9.17) is 23.2 Å². The predicted octanol–water partition coefficient (Wildman–Crippen LogP) is 13.1. The van der Waals surface area contributed by atoms with Crippen molar-refractivity contribution in [3.8, 4) is 51.0 Å². The molecule has 55 heavy (non-hydrogen) atoms. The van der Waals surface area contributed by atoms with Crippen molar-refractivity contribution in [3.05, 3.63) is 194 Å². The number of fused-ring (bicyclic) bond motifs is 9. The summed E-state index contributed by atoms with van der Waals surface area (Å²) in [6.45, 7) is 0. The van der Waals surface area contributed by atoms with Crippen LogP contribution in [0.15, 0.2) is 194 Å². The first kappa shape index (κ1) is 24.0. The van der Waals surface area contributed by atoms with E-state index in [2.05, 4.69) is 42.5 Å². The second-order valence-electron chi connectivity index (χ2n) is 13.4. The molecule has 11 rings (SSSR count). The van der Waals surface area contributed by atoms with E-state index < -0.39 is 48.3 Å². The number of para-hydroxylation sites is 2. The summed E-state index contributed by atoms with van der Waals surface area (Å²) in [6, 6.07) is 44.1. The largest absolute Gasteiger partial charge is 0.308 e. The number of hydrogen-bond donors (Lipinski definition) is 0. The van der Waals surface area contributed by atoms with E-state index in [1.807, 2.05) is 103 Å². The van der Waals surface area contributed by atoms with Crippen LogP contribution < -0.4 is 0 Å². The molecule has 0 N–H and O–H groups in total. The molecular weight excluding hydrogens is 669 g/mol. The molecule has 4 heteroatoms. The van der Waals surface area contributed by atoms with Crippen LogP contribution in [0.1, 0.15) is 11.0 Å². The van der Waals surface area contributed by atoms with Crippen LogP contribution >= 0.6 is 0 Å². The smallest absolute Gasteiger partial charge is 0.166 e. The second kappa shape index (κ2) is 12.6. The summed E-state index contributed by atoms with van der Waals surface area (Å²) in [5.41, 5.74) is 3.86. The molecule has 0 unspecified atom stereocenters. The molecule has 256 valence electrons. The highest BCUT2D eigenvalue weighted by atomic mass is 15.1. The lowest BCUT2D eigenvalue weighted by atomic mass is 9.93. The summed E-state index contributed by atoms with van der Waals surface area (Å²) >= 11 is 0. The minimum Gasteiger partial charge on any atom is -0.308 e. The molecule has 0 bridgehead atoms. The highest BCUT2D eigenvalue weighted by Gasteiger charge is 2.21. The molecule has 0 spiro atoms. The van der Waals surface area contributed by atoms with Gasteiger partial charge < -0.3 is 4.57 Å². The number of hydrogen-bond acceptors (Lipinski definition) is 3. The average molecular weight is 709 g/mol. The fourth-order valence-electron chi connectivity index (χ4n) is 7.77. The maximum absolute atomic E-state index is 9.29. The van der Waals surface area contributed by atoms with E-state index in [9.17, 15) is 2.74 Å². The summed E-state index contributed by atoms with van der Waals surface area (Å²) in [7, 11) is 0. The average Bonchev–Trinajstić information content (AvgIpc) is 3.70. The standard InChI is InChI=1S/C51H32N4/c1-3-15-33(16-4-1)35-27-30-44(48(32-35)55-46-25-13-11-23-42(46)43-24-12-14-26-47(43)55)51-53-49(34-17-5-2-6-18-34)52-50(54-51)36-28-29-41-39-21-8-7-19-37(39)38-20-9-10-22-40(38)45(41)31-36/h1-32H/i11D,12D,13D,14D,23D,24D,25D,26D. The quantitative estimate of drug-likeness (QED) is 0.167. The lowest BCUT2D eigenvalue weighted by Gasteiger charge is -2.16. The first-order valence-electron chi connectivity index (χ1n) is 22.0. The molecule has 0 saturated carbocycles. The van der Waals surface area contributed by atoms with Gasteiger partial charge in [-0.3, -0.25) is 0 Å². The van der Waals surface area contributed by atoms with Gasteiger partial charge in [-0.1, -0.05) is 164 Å². The van der Waals surface area contributed by atoms with Crippen molar-refractivity contribution in [2.45, 2.75) is 0 Å². The Morgan fingerprint density at radius 2 is 0.818 bits per heavy atom. The second-order valence-corrected chi connectivity index (χ2v) is 13.4. The number of nitrogens with zero attached hydrogens (tertiary/aromatic N) is 4. The van der Waals surface area contributed by atoms with Gasteiger partial charge in [0, 0.05) is 27.5 Å². The van der Waals surface area contributed by atoms with E-state index in [0.717, 1.165) is 54.6 Å². The van der Waals surface area contributed by atoms with Crippen molar-refractivity contribution in [3.63, 3.8) is 0 Å². The van der Waals surface area contributed by atoms with E-state index in [1.165, 1.54) is 4.57 Å². The summed E-state index contributed by atoms with van der Waals surface area (Å²) < 4.78 is 73.1. The lowest BCUT2D eigenvalue weighted by Crippen LogP contribution is -2.04. The van der Waals surface area contributed by atoms with Gasteiger partial charge in [0.15, 0.2) is 17.5 Å². The molecule has 11 aromatic rings. The van der Waals surface area contributed by atoms with Gasteiger partial charge in [-0.2, -0.15) is 0 Å². The van der Waals surface area contributed by atoms with Crippen molar-refractivity contribution in [2.24, 2.45) is 0 Å². The van der Waals surface area contributed by atoms with Crippen LogP contribution in [-0.2, 0) is 0 Å². The van der Waals surface area contributed by atoms with Gasteiger partial charge >= 0.3 is 0 Å². The topological polar surface area (TPSA) is 43.6 Å². The molecule has 0 aliphatic carbocycles. The number of aromatic nitrogens is 4. The van der Waals surface area contributed by atoms with Crippen molar-refractivity contribution in [2.75, 3.05) is 0 Å². The zero-order chi connectivity index (χ0) is 43.3. The van der Waals surface area contributed by atoms with Gasteiger partial charge in [0.25, 0.3) is 0 Å². The third-order valence-electron chi connectivity index (χ3n) is 10.3. The first-order chi connectivity index (χ1) is 30.6. The Morgan fingerprint density at radius 3 is 1.44 bits per heavy atom. The van der Waals surface area contributed by atoms with Crippen LogP contribution in [0.25, 0.3) is 105 Å². The third kappa shape index (κ3) is 5.11. The molecule has 0 aliphatic heterocycles. The maximum Gasteiger partial charge on any atom is 0.166 e. The summed E-state index contributed by atoms with van der Waals surface area (Å²) in [4.78, 5) is 15.3. The first-order valence-corrected chi connectivity index (χ1v) is 18.0. The predicted molar refractivity (Wildman–Crippen MR) is 228 cm³/mol. The van der Waals surface area contributed by atoms with Gasteiger partial charge in [-0.05, 0) is 73.7 Å². The molecule has 0 atom stereocenters. The van der Waals surface area contributed by atoms with Crippen LogP contribution in [0, 0.1) is 0 Å². The maximum atomic E-state index is 9.29. The monoisotopic (exact) mass is 708 g/mol. The van der Waals surface area contributed by atoms with Crippen LogP contribution in [0.5, 0.6) is 0 Å². The molecule has 0 amide bonds. The van der Waals surface area contributed by atoms with Gasteiger partial charge in [0.05, 0.1) is 27.7 Å². The minimum atomic E-state index is -0.511. The van der Waals surface area contributed by atoms with Crippen LogP contribution in [0.4, 0.5) is 0 Å². The van der Waals surface area contributed by atoms with Crippen LogP contribution in [0.3, 0.4) is 0 Å². The summed E-state index contributed by atoms with van der Waals surface area (Å²) in [5, 5.41) is 6.59. The molecule has 2 heterocycles. The highest BCUT2D eigenvalue weighted by Crippen LogP contribution is 2.40. The fraction of sp³-hybridized carbons (Fsp3) is 0. The Kier molecular flexibility index (Phi) is 5.50. The zero-order valence-electron chi connectivity index (χ0n) is 37.1. The van der Waals surface area contributed by atoms with E-state index >= 15 is 0 Å². The fourth-order valence-corrected chi connectivity index (χ4v) is 7.77. The SMILES string of the molecule is [2H]c1c([2H])c([2H])c2c(c1[2H])c1c([2H])c([2H])c([2H])c([2H])c1n2-c1cc(-c2ccccc2)ccc1-c1nc(-c2ccccc2)nc(-c2ccc3c4ccccc4c4ccccc4c3c2)n1. The Labute approximate surface area is 328 Å². The van der Waals surface area contributed by atoms with E-state index in [0.29, 0.717) is 22.9 Å². The lowest BCUT2D eigenvalue weighted by molar-refractivity contribution is 1.07. The highest BCUT2D eigenvalue weighted by molar-refractivity contribution is 6.25. The normalized spacial score (nSPS) is 13.7. The van der Waals surface area contributed by atoms with Crippen LogP contribution in [0.2, 0.25) is 0 Å². The Balaban J connectivity index is 1.26. The molecule has 9 aromatic carbocycles. The van der Waals surface area contributed by atoms with E-state index in [1.54, 1.807) is 0 Å². The summed E-state index contributed by atoms with van der Waals surface area (Å²) in [6.07, 6.45) is 0. The molecule has 4 nitrogen and oxygen atoms in total. The van der Waals surface area contributed by atoms with Crippen LogP contribution in [-0.4, -0.2) is 19.5 Å². The third-order valence-corrected chi connectivity index (χ3v) is 10.3. The van der Waals surface area contributed by atoms with Crippen molar-refractivity contribution in [1.82, 2.24) is 19.5 Å². The Morgan fingerprint density at radius 1 is 0.345 bits per heavy atom. The molecule has 2 aromatic heterocycles. The Hall–Kier alpha value is -7.43. The molecule has 0 fully saturated rings. The van der Waals surface area contributed by atoms with E-state index in [-0.39, 0.29) is 27.6 Å². The molecule has 0 radical (unpaired) electrons. The summed E-state index contributed by atoms with van der Waals surface area (Å²) in [5.74, 6) is 1.03. The van der Waals surface area contributed by atoms with Gasteiger partial charge in [-0.15, -0.1) is 0 Å². The molecular formula is C51H32N4. The molecule has 0 aliphatic rings. The minimum absolute atomic E-state index is 0.000609. The van der Waals surface area contributed by atoms with Crippen molar-refractivity contribution < 1.29 is 11.0 Å². The van der Waals surface area contributed by atoms with Crippen molar-refractivity contribution in [1.29, 1.82) is 0 Å². The van der Waals surface area contributed by atoms with Gasteiger partial charge in [0.2, 0.25) is 0 Å². The number of rotatable bonds is 5. The van der Waals surface area contributed by atoms with Crippen molar-refractivity contribution >= 4 is 54.1 Å². The zero-order valence-corrected chi connectivity index (χ0v) is 29.1.